The van der Waals surface area contributed by atoms with Crippen LogP contribution >= 0.6 is 15.9 Å². The van der Waals surface area contributed by atoms with E-state index >= 15 is 0 Å². The highest BCUT2D eigenvalue weighted by molar-refractivity contribution is 9.10. The summed E-state index contributed by atoms with van der Waals surface area (Å²) >= 11 is 3.35. The number of rotatable bonds is 3. The Morgan fingerprint density at radius 2 is 1.85 bits per heavy atom. The molecule has 0 aliphatic carbocycles. The van der Waals surface area contributed by atoms with Gasteiger partial charge in [0.15, 0.2) is 0 Å². The lowest BCUT2D eigenvalue weighted by molar-refractivity contribution is 0.0694. The van der Waals surface area contributed by atoms with Gasteiger partial charge < -0.3 is 9.67 Å². The van der Waals surface area contributed by atoms with Gasteiger partial charge in [-0.05, 0) is 37.1 Å². The van der Waals surface area contributed by atoms with Crippen LogP contribution < -0.4 is 5.56 Å². The van der Waals surface area contributed by atoms with E-state index in [0.717, 1.165) is 10.0 Å². The molecule has 0 saturated carbocycles. The third-order valence-corrected chi connectivity index (χ3v) is 3.76. The lowest BCUT2D eigenvalue weighted by Gasteiger charge is -2.14. The molecule has 4 nitrogen and oxygen atoms in total. The number of halogens is 1. The van der Waals surface area contributed by atoms with Crippen molar-refractivity contribution in [2.24, 2.45) is 0 Å². The quantitative estimate of drug-likeness (QED) is 0.937. The van der Waals surface area contributed by atoms with Crippen LogP contribution in [-0.4, -0.2) is 15.6 Å². The second-order valence-electron chi connectivity index (χ2n) is 4.64. The predicted molar refractivity (Wildman–Crippen MR) is 80.4 cm³/mol. The Hall–Kier alpha value is -1.88. The van der Waals surface area contributed by atoms with Gasteiger partial charge in [0.1, 0.15) is 0 Å². The number of benzene rings is 1. The number of carboxylic acid groups (broad SMARTS) is 1. The maximum absolute atomic E-state index is 12.1. The number of aromatic carboxylic acids is 1. The molecule has 0 atom stereocenters. The van der Waals surface area contributed by atoms with Gasteiger partial charge in [-0.1, -0.05) is 28.1 Å². The minimum atomic E-state index is -1.01. The van der Waals surface area contributed by atoms with E-state index in [1.807, 2.05) is 24.3 Å². The Morgan fingerprint density at radius 1 is 1.25 bits per heavy atom. The fourth-order valence-electron chi connectivity index (χ4n) is 2.21. The third kappa shape index (κ3) is 2.82. The normalized spacial score (nSPS) is 10.6. The van der Waals surface area contributed by atoms with Crippen LogP contribution in [0.5, 0.6) is 0 Å². The van der Waals surface area contributed by atoms with E-state index in [4.69, 9.17) is 0 Å². The van der Waals surface area contributed by atoms with Gasteiger partial charge in [-0.15, -0.1) is 0 Å². The van der Waals surface area contributed by atoms with Gasteiger partial charge in [0, 0.05) is 16.2 Å². The van der Waals surface area contributed by atoms with Crippen molar-refractivity contribution < 1.29 is 9.90 Å². The second-order valence-corrected chi connectivity index (χ2v) is 5.56. The fraction of sp³-hybridized carbons (Fsp3) is 0.200. The molecule has 0 aliphatic rings. The van der Waals surface area contributed by atoms with E-state index in [0.29, 0.717) is 17.8 Å². The fourth-order valence-corrected chi connectivity index (χ4v) is 2.48. The van der Waals surface area contributed by atoms with E-state index in [1.165, 1.54) is 10.6 Å². The Bertz CT molecular complexity index is 717. The first-order valence-electron chi connectivity index (χ1n) is 6.09. The molecule has 0 radical (unpaired) electrons. The Balaban J connectivity index is 2.52. The highest BCUT2D eigenvalue weighted by Crippen LogP contribution is 2.15. The SMILES string of the molecule is Cc1cc(=O)n(Cc2ccc(Br)cc2)c(C)c1C(=O)O. The first-order chi connectivity index (χ1) is 9.40. The summed E-state index contributed by atoms with van der Waals surface area (Å²) in [4.78, 5) is 23.3. The van der Waals surface area contributed by atoms with E-state index in [2.05, 4.69) is 15.9 Å². The standard InChI is InChI=1S/C15H14BrNO3/c1-9-7-13(18)17(10(2)14(9)15(19)20)8-11-3-5-12(16)6-4-11/h3-7H,8H2,1-2H3,(H,19,20). The van der Waals surface area contributed by atoms with E-state index in [1.54, 1.807) is 13.8 Å². The van der Waals surface area contributed by atoms with Crippen molar-refractivity contribution in [1.29, 1.82) is 0 Å². The van der Waals surface area contributed by atoms with Crippen LogP contribution in [-0.2, 0) is 6.54 Å². The molecule has 0 unspecified atom stereocenters. The van der Waals surface area contributed by atoms with Crippen LogP contribution in [0.3, 0.4) is 0 Å². The van der Waals surface area contributed by atoms with E-state index in [-0.39, 0.29) is 11.1 Å². The maximum atomic E-state index is 12.1. The Kier molecular flexibility index (Phi) is 4.09. The summed E-state index contributed by atoms with van der Waals surface area (Å²) in [5, 5.41) is 9.24. The van der Waals surface area contributed by atoms with Crippen LogP contribution in [0, 0.1) is 13.8 Å². The molecule has 20 heavy (non-hydrogen) atoms. The van der Waals surface area contributed by atoms with Crippen molar-refractivity contribution in [3.63, 3.8) is 0 Å². The summed E-state index contributed by atoms with van der Waals surface area (Å²) in [6, 6.07) is 8.95. The number of carbonyl (C=O) groups is 1. The molecule has 1 aromatic heterocycles. The number of nitrogens with zero attached hydrogens (tertiary/aromatic N) is 1. The molecule has 1 N–H and O–H groups in total. The van der Waals surface area contributed by atoms with Crippen LogP contribution in [0.15, 0.2) is 39.6 Å². The summed E-state index contributed by atoms with van der Waals surface area (Å²) in [7, 11) is 0. The number of pyridine rings is 1. The van der Waals surface area contributed by atoms with Crippen molar-refractivity contribution in [3.8, 4) is 0 Å². The smallest absolute Gasteiger partial charge is 0.337 e. The summed E-state index contributed by atoms with van der Waals surface area (Å²) in [6.07, 6.45) is 0. The van der Waals surface area contributed by atoms with Gasteiger partial charge in [-0.2, -0.15) is 0 Å². The minimum Gasteiger partial charge on any atom is -0.478 e. The van der Waals surface area contributed by atoms with Crippen molar-refractivity contribution in [2.45, 2.75) is 20.4 Å². The Morgan fingerprint density at radius 3 is 2.40 bits per heavy atom. The Labute approximate surface area is 124 Å². The average molecular weight is 336 g/mol. The van der Waals surface area contributed by atoms with Gasteiger partial charge in [0.25, 0.3) is 5.56 Å². The first-order valence-corrected chi connectivity index (χ1v) is 6.88. The van der Waals surface area contributed by atoms with Gasteiger partial charge in [-0.25, -0.2) is 4.79 Å². The summed E-state index contributed by atoms with van der Waals surface area (Å²) in [5.41, 5.74) is 1.92. The van der Waals surface area contributed by atoms with Gasteiger partial charge in [-0.3, -0.25) is 4.79 Å². The van der Waals surface area contributed by atoms with Crippen LogP contribution in [0.1, 0.15) is 27.2 Å². The molecule has 1 aromatic carbocycles. The molecule has 0 saturated heterocycles. The third-order valence-electron chi connectivity index (χ3n) is 3.23. The minimum absolute atomic E-state index is 0.187. The van der Waals surface area contributed by atoms with Crippen molar-refractivity contribution in [2.75, 3.05) is 0 Å². The highest BCUT2D eigenvalue weighted by Gasteiger charge is 2.15. The molecule has 2 rings (SSSR count). The number of carboxylic acids is 1. The predicted octanol–water partition coefficient (Wildman–Crippen LogP) is 2.97. The molecule has 0 amide bonds. The lowest BCUT2D eigenvalue weighted by Crippen LogP contribution is -2.26. The van der Waals surface area contributed by atoms with Crippen molar-refractivity contribution in [3.05, 3.63) is 67.5 Å². The van der Waals surface area contributed by atoms with Crippen molar-refractivity contribution in [1.82, 2.24) is 4.57 Å². The maximum Gasteiger partial charge on any atom is 0.337 e. The molecule has 0 fully saturated rings. The number of aryl methyl sites for hydroxylation is 1. The average Bonchev–Trinajstić information content (AvgIpc) is 2.36. The second kappa shape index (κ2) is 5.63. The summed E-state index contributed by atoms with van der Waals surface area (Å²) in [6.45, 7) is 3.66. The monoisotopic (exact) mass is 335 g/mol. The molecule has 5 heteroatoms. The molecule has 104 valence electrons. The van der Waals surface area contributed by atoms with Crippen molar-refractivity contribution >= 4 is 21.9 Å². The summed E-state index contributed by atoms with van der Waals surface area (Å²) < 4.78 is 2.44. The van der Waals surface area contributed by atoms with Gasteiger partial charge in [0.2, 0.25) is 0 Å². The number of aromatic nitrogens is 1. The summed E-state index contributed by atoms with van der Waals surface area (Å²) in [5.74, 6) is -1.01. The zero-order valence-corrected chi connectivity index (χ0v) is 12.8. The number of hydrogen-bond donors (Lipinski definition) is 1. The topological polar surface area (TPSA) is 59.3 Å². The van der Waals surface area contributed by atoms with Crippen LogP contribution in [0.25, 0.3) is 0 Å². The largest absolute Gasteiger partial charge is 0.478 e. The first kappa shape index (κ1) is 14.5. The molecule has 0 bridgehead atoms. The van der Waals surface area contributed by atoms with Crippen LogP contribution in [0.2, 0.25) is 0 Å². The number of hydrogen-bond acceptors (Lipinski definition) is 2. The molecule has 0 aliphatic heterocycles. The molecular formula is C15H14BrNO3. The highest BCUT2D eigenvalue weighted by atomic mass is 79.9. The molecule has 2 aromatic rings. The van der Waals surface area contributed by atoms with E-state index in [9.17, 15) is 14.7 Å². The molecular weight excluding hydrogens is 322 g/mol. The van der Waals surface area contributed by atoms with Crippen LogP contribution in [0.4, 0.5) is 0 Å². The zero-order chi connectivity index (χ0) is 14.9. The van der Waals surface area contributed by atoms with E-state index < -0.39 is 5.97 Å². The van der Waals surface area contributed by atoms with Gasteiger partial charge >= 0.3 is 5.97 Å². The zero-order valence-electron chi connectivity index (χ0n) is 11.2. The molecule has 0 spiro atoms. The van der Waals surface area contributed by atoms with Gasteiger partial charge in [0.05, 0.1) is 12.1 Å². The molecule has 1 heterocycles. The lowest BCUT2D eigenvalue weighted by atomic mass is 10.1.